The van der Waals surface area contributed by atoms with E-state index in [1.54, 1.807) is 0 Å². The smallest absolute Gasteiger partial charge is 0.0303 e. The third-order valence-corrected chi connectivity index (χ3v) is 5.46. The summed E-state index contributed by atoms with van der Waals surface area (Å²) in [6, 6.07) is 0.563. The fourth-order valence-electron chi connectivity index (χ4n) is 1.76. The molecule has 0 aromatic carbocycles. The zero-order valence-electron chi connectivity index (χ0n) is 11.5. The molecule has 0 saturated carbocycles. The fraction of sp³-hybridized carbons (Fsp3) is 0.857. The quantitative estimate of drug-likeness (QED) is 0.788. The number of hydrogen-bond donors (Lipinski definition) is 1. The third-order valence-electron chi connectivity index (χ3n) is 2.54. The molecule has 17 heavy (non-hydrogen) atoms. The van der Waals surface area contributed by atoms with Gasteiger partial charge in [-0.15, -0.1) is 5.92 Å². The Kier molecular flexibility index (Phi) is 6.84. The van der Waals surface area contributed by atoms with Gasteiger partial charge in [0.25, 0.3) is 0 Å². The molecule has 3 heteroatoms. The Morgan fingerprint density at radius 3 is 2.65 bits per heavy atom. The van der Waals surface area contributed by atoms with Gasteiger partial charge in [-0.1, -0.05) is 12.8 Å². The lowest BCUT2D eigenvalue weighted by molar-refractivity contribution is 0.532. The minimum Gasteiger partial charge on any atom is -0.312 e. The van der Waals surface area contributed by atoms with Crippen molar-refractivity contribution in [3.63, 3.8) is 0 Å². The maximum absolute atomic E-state index is 3.60. The fourth-order valence-corrected chi connectivity index (χ4v) is 4.65. The van der Waals surface area contributed by atoms with Crippen LogP contribution < -0.4 is 5.32 Å². The molecular weight excluding hydrogens is 246 g/mol. The highest BCUT2D eigenvalue weighted by atomic mass is 32.2. The van der Waals surface area contributed by atoms with Gasteiger partial charge in [0.05, 0.1) is 0 Å². The van der Waals surface area contributed by atoms with Crippen molar-refractivity contribution in [2.45, 2.75) is 45.4 Å². The lowest BCUT2D eigenvalue weighted by Gasteiger charge is -2.29. The minimum atomic E-state index is 0.130. The Hall–Kier alpha value is 0.220. The molecule has 1 rings (SSSR count). The molecule has 2 atom stereocenters. The van der Waals surface area contributed by atoms with E-state index < -0.39 is 0 Å². The van der Waals surface area contributed by atoms with Gasteiger partial charge >= 0.3 is 0 Å². The van der Waals surface area contributed by atoms with Crippen molar-refractivity contribution in [3.05, 3.63) is 0 Å². The summed E-state index contributed by atoms with van der Waals surface area (Å²) in [6.45, 7) is 9.75. The van der Waals surface area contributed by atoms with Crippen molar-refractivity contribution in [1.29, 1.82) is 0 Å². The Balaban J connectivity index is 2.49. The zero-order chi connectivity index (χ0) is 12.7. The molecule has 1 fully saturated rings. The van der Waals surface area contributed by atoms with Crippen LogP contribution in [0.15, 0.2) is 0 Å². The molecule has 0 bridgehead atoms. The minimum absolute atomic E-state index is 0.130. The van der Waals surface area contributed by atoms with E-state index in [-0.39, 0.29) is 5.41 Å². The normalized spacial score (nSPS) is 22.7. The Labute approximate surface area is 115 Å². The van der Waals surface area contributed by atoms with Crippen molar-refractivity contribution >= 4 is 23.5 Å². The molecule has 1 aliphatic rings. The van der Waals surface area contributed by atoms with Gasteiger partial charge in [-0.2, -0.15) is 23.5 Å². The Bertz CT molecular complexity index is 266. The summed E-state index contributed by atoms with van der Waals surface area (Å²) in [6.07, 6.45) is 0.989. The lowest BCUT2D eigenvalue weighted by Crippen LogP contribution is -2.40. The van der Waals surface area contributed by atoms with Crippen LogP contribution in [0.3, 0.4) is 0 Å². The van der Waals surface area contributed by atoms with Gasteiger partial charge < -0.3 is 5.32 Å². The van der Waals surface area contributed by atoms with Crippen molar-refractivity contribution in [3.8, 4) is 11.8 Å². The van der Waals surface area contributed by atoms with Crippen molar-refractivity contribution in [2.75, 3.05) is 23.8 Å². The van der Waals surface area contributed by atoms with Gasteiger partial charge in [0, 0.05) is 40.4 Å². The van der Waals surface area contributed by atoms with Crippen molar-refractivity contribution in [1.82, 2.24) is 5.32 Å². The van der Waals surface area contributed by atoms with Crippen molar-refractivity contribution < 1.29 is 0 Å². The summed E-state index contributed by atoms with van der Waals surface area (Å²) in [4.78, 5) is 0. The molecule has 1 saturated heterocycles. The maximum Gasteiger partial charge on any atom is 0.0303 e. The van der Waals surface area contributed by atoms with Crippen LogP contribution in [-0.4, -0.2) is 35.1 Å². The summed E-state index contributed by atoms with van der Waals surface area (Å²) < 4.78 is 0. The Morgan fingerprint density at radius 1 is 1.35 bits per heavy atom. The zero-order valence-corrected chi connectivity index (χ0v) is 13.1. The van der Waals surface area contributed by atoms with Gasteiger partial charge in [-0.25, -0.2) is 0 Å². The average molecular weight is 271 g/mol. The van der Waals surface area contributed by atoms with Gasteiger partial charge in [-0.05, 0) is 27.3 Å². The SMILES string of the molecule is CCNC(CC#CC(C)(C)C)C1CSCCS1. The number of nitrogens with one attached hydrogen (secondary N) is 1. The molecular formula is C14H25NS2. The first-order chi connectivity index (χ1) is 8.03. The summed E-state index contributed by atoms with van der Waals surface area (Å²) in [7, 11) is 0. The Morgan fingerprint density at radius 2 is 2.12 bits per heavy atom. The lowest BCUT2D eigenvalue weighted by atomic mass is 9.97. The first-order valence-corrected chi connectivity index (χ1v) is 8.66. The van der Waals surface area contributed by atoms with E-state index in [0.717, 1.165) is 18.2 Å². The van der Waals surface area contributed by atoms with Crippen LogP contribution >= 0.6 is 23.5 Å². The first-order valence-electron chi connectivity index (χ1n) is 6.45. The molecule has 0 aromatic heterocycles. The molecule has 0 spiro atoms. The van der Waals surface area contributed by atoms with E-state index >= 15 is 0 Å². The van der Waals surface area contributed by atoms with Gasteiger partial charge in [0.1, 0.15) is 0 Å². The van der Waals surface area contributed by atoms with E-state index in [9.17, 15) is 0 Å². The van der Waals surface area contributed by atoms with Crippen LogP contribution in [0.1, 0.15) is 34.1 Å². The largest absolute Gasteiger partial charge is 0.312 e. The molecule has 1 N–H and O–H groups in total. The number of rotatable bonds is 4. The van der Waals surface area contributed by atoms with Crippen LogP contribution in [0.2, 0.25) is 0 Å². The van der Waals surface area contributed by atoms with Gasteiger partial charge in [0.2, 0.25) is 0 Å². The molecule has 0 aliphatic carbocycles. The second kappa shape index (κ2) is 7.61. The molecule has 0 amide bonds. The molecule has 1 nitrogen and oxygen atoms in total. The van der Waals surface area contributed by atoms with E-state index in [1.807, 2.05) is 0 Å². The molecule has 2 unspecified atom stereocenters. The molecule has 98 valence electrons. The molecule has 0 radical (unpaired) electrons. The van der Waals surface area contributed by atoms with Crippen LogP contribution in [0, 0.1) is 17.3 Å². The highest BCUT2D eigenvalue weighted by Gasteiger charge is 2.23. The van der Waals surface area contributed by atoms with E-state index in [4.69, 9.17) is 0 Å². The second-order valence-electron chi connectivity index (χ2n) is 5.40. The number of hydrogen-bond acceptors (Lipinski definition) is 3. The average Bonchev–Trinajstić information content (AvgIpc) is 2.27. The van der Waals surface area contributed by atoms with E-state index in [2.05, 4.69) is 68.4 Å². The van der Waals surface area contributed by atoms with E-state index in [1.165, 1.54) is 17.3 Å². The van der Waals surface area contributed by atoms with Crippen LogP contribution in [-0.2, 0) is 0 Å². The van der Waals surface area contributed by atoms with E-state index in [0.29, 0.717) is 6.04 Å². The highest BCUT2D eigenvalue weighted by Crippen LogP contribution is 2.27. The first kappa shape index (κ1) is 15.3. The van der Waals surface area contributed by atoms with Crippen LogP contribution in [0.25, 0.3) is 0 Å². The van der Waals surface area contributed by atoms with Gasteiger partial charge in [0.15, 0.2) is 0 Å². The summed E-state index contributed by atoms with van der Waals surface area (Å²) in [5.41, 5.74) is 0.130. The monoisotopic (exact) mass is 271 g/mol. The molecule has 1 heterocycles. The summed E-state index contributed by atoms with van der Waals surface area (Å²) in [5, 5.41) is 4.34. The second-order valence-corrected chi connectivity index (χ2v) is 7.90. The predicted molar refractivity (Wildman–Crippen MR) is 82.9 cm³/mol. The summed E-state index contributed by atoms with van der Waals surface area (Å²) >= 11 is 4.21. The van der Waals surface area contributed by atoms with Crippen molar-refractivity contribution in [2.24, 2.45) is 5.41 Å². The molecule has 1 aliphatic heterocycles. The van der Waals surface area contributed by atoms with Crippen LogP contribution in [0.4, 0.5) is 0 Å². The van der Waals surface area contributed by atoms with Crippen LogP contribution in [0.5, 0.6) is 0 Å². The number of thioether (sulfide) groups is 2. The predicted octanol–water partition coefficient (Wildman–Crippen LogP) is 3.25. The molecule has 0 aromatic rings. The standard InChI is InChI=1S/C14H25NS2/c1-5-15-12(7-6-8-14(2,3)4)13-11-16-9-10-17-13/h12-13,15H,5,7,9-11H2,1-4H3. The maximum atomic E-state index is 3.60. The third kappa shape index (κ3) is 6.64. The highest BCUT2D eigenvalue weighted by molar-refractivity contribution is 8.06. The summed E-state index contributed by atoms with van der Waals surface area (Å²) in [5.74, 6) is 10.6. The van der Waals surface area contributed by atoms with Gasteiger partial charge in [-0.3, -0.25) is 0 Å². The topological polar surface area (TPSA) is 12.0 Å².